The van der Waals surface area contributed by atoms with E-state index in [1.165, 1.54) is 17.6 Å². The highest BCUT2D eigenvalue weighted by Crippen LogP contribution is 2.29. The van der Waals surface area contributed by atoms with Gasteiger partial charge in [0, 0.05) is 31.6 Å². The zero-order chi connectivity index (χ0) is 15.3. The summed E-state index contributed by atoms with van der Waals surface area (Å²) in [6, 6.07) is 5.20. The number of aromatic nitrogens is 2. The molecular weight excluding hydrogens is 303 g/mol. The smallest absolute Gasteiger partial charge is 0.384 e. The fourth-order valence-corrected chi connectivity index (χ4v) is 2.26. The van der Waals surface area contributed by atoms with Crippen LogP contribution in [0.3, 0.4) is 0 Å². The van der Waals surface area contributed by atoms with E-state index in [0.717, 1.165) is 12.1 Å². The molecule has 1 aromatic heterocycles. The summed E-state index contributed by atoms with van der Waals surface area (Å²) in [5.41, 5.74) is -0.113. The fraction of sp³-hybridized carbons (Fsp3) is 0.385. The van der Waals surface area contributed by atoms with Crippen LogP contribution in [-0.4, -0.2) is 23.1 Å². The van der Waals surface area contributed by atoms with Crippen LogP contribution in [0.5, 0.6) is 0 Å². The largest absolute Gasteiger partial charge is 0.416 e. The third-order valence-corrected chi connectivity index (χ3v) is 3.41. The Balaban J connectivity index is 1.95. The summed E-state index contributed by atoms with van der Waals surface area (Å²) >= 11 is 1.18. The molecule has 0 spiro atoms. The van der Waals surface area contributed by atoms with Crippen molar-refractivity contribution in [3.63, 3.8) is 0 Å². The first-order valence-electron chi connectivity index (χ1n) is 6.20. The number of nitrogens with one attached hydrogen (secondary N) is 1. The van der Waals surface area contributed by atoms with Crippen LogP contribution in [0.1, 0.15) is 17.0 Å². The van der Waals surface area contributed by atoms with E-state index in [1.54, 1.807) is 13.2 Å². The van der Waals surface area contributed by atoms with E-state index < -0.39 is 11.7 Å². The third kappa shape index (κ3) is 4.68. The zero-order valence-corrected chi connectivity index (χ0v) is 12.1. The maximum Gasteiger partial charge on any atom is 0.416 e. The molecule has 4 nitrogen and oxygen atoms in total. The Bertz CT molecular complexity index is 586. The van der Waals surface area contributed by atoms with Gasteiger partial charge >= 0.3 is 6.18 Å². The Morgan fingerprint density at radius 3 is 2.86 bits per heavy atom. The first-order valence-corrected chi connectivity index (χ1v) is 6.98. The van der Waals surface area contributed by atoms with Gasteiger partial charge in [-0.15, -0.1) is 0 Å². The van der Waals surface area contributed by atoms with E-state index in [0.29, 0.717) is 29.5 Å². The maximum atomic E-state index is 12.6. The van der Waals surface area contributed by atoms with E-state index in [-0.39, 0.29) is 6.54 Å². The summed E-state index contributed by atoms with van der Waals surface area (Å²) < 4.78 is 46.9. The molecule has 0 aliphatic rings. The number of methoxy groups -OCH3 is 1. The van der Waals surface area contributed by atoms with Gasteiger partial charge in [0.15, 0.2) is 0 Å². The van der Waals surface area contributed by atoms with Gasteiger partial charge in [-0.2, -0.15) is 17.5 Å². The van der Waals surface area contributed by atoms with E-state index >= 15 is 0 Å². The first kappa shape index (κ1) is 15.7. The minimum absolute atomic E-state index is 0.267. The lowest BCUT2D eigenvalue weighted by molar-refractivity contribution is -0.137. The van der Waals surface area contributed by atoms with Crippen molar-refractivity contribution in [2.24, 2.45) is 0 Å². The van der Waals surface area contributed by atoms with Crippen LogP contribution in [0.25, 0.3) is 0 Å². The highest BCUT2D eigenvalue weighted by Gasteiger charge is 2.30. The van der Waals surface area contributed by atoms with Gasteiger partial charge in [-0.1, -0.05) is 12.1 Å². The minimum Gasteiger partial charge on any atom is -0.384 e. The molecule has 0 unspecified atom stereocenters. The van der Waals surface area contributed by atoms with Crippen molar-refractivity contribution >= 4 is 16.7 Å². The lowest BCUT2D eigenvalue weighted by Gasteiger charge is -2.08. The number of nitrogens with zero attached hydrogens (tertiary/aromatic N) is 2. The van der Waals surface area contributed by atoms with Crippen molar-refractivity contribution in [1.82, 2.24) is 9.36 Å². The Morgan fingerprint density at radius 1 is 1.33 bits per heavy atom. The van der Waals surface area contributed by atoms with Crippen LogP contribution in [0.4, 0.5) is 18.3 Å². The van der Waals surface area contributed by atoms with Gasteiger partial charge in [0.1, 0.15) is 5.82 Å². The van der Waals surface area contributed by atoms with Crippen LogP contribution in [0.2, 0.25) is 0 Å². The summed E-state index contributed by atoms with van der Waals surface area (Å²) in [7, 11) is 1.60. The Labute approximate surface area is 124 Å². The van der Waals surface area contributed by atoms with Gasteiger partial charge in [-0.05, 0) is 17.7 Å². The number of ether oxygens (including phenoxy) is 1. The molecule has 0 saturated carbocycles. The first-order chi connectivity index (χ1) is 9.99. The van der Waals surface area contributed by atoms with Crippen molar-refractivity contribution in [2.45, 2.75) is 19.1 Å². The Morgan fingerprint density at radius 2 is 2.14 bits per heavy atom. The fourth-order valence-electron chi connectivity index (χ4n) is 1.66. The number of hydrogen-bond acceptors (Lipinski definition) is 5. The summed E-state index contributed by atoms with van der Waals surface area (Å²) in [4.78, 5) is 4.23. The summed E-state index contributed by atoms with van der Waals surface area (Å²) in [5.74, 6) is 0.661. The normalized spacial score (nSPS) is 11.6. The van der Waals surface area contributed by atoms with Gasteiger partial charge in [0.2, 0.25) is 5.13 Å². The second-order valence-electron chi connectivity index (χ2n) is 4.31. The Kier molecular flexibility index (Phi) is 5.13. The van der Waals surface area contributed by atoms with Gasteiger partial charge in [-0.25, -0.2) is 4.98 Å². The summed E-state index contributed by atoms with van der Waals surface area (Å²) in [6.07, 6.45) is -3.72. The number of benzene rings is 1. The molecule has 0 amide bonds. The molecule has 0 atom stereocenters. The minimum atomic E-state index is -4.33. The average molecular weight is 317 g/mol. The van der Waals surface area contributed by atoms with Crippen molar-refractivity contribution < 1.29 is 17.9 Å². The van der Waals surface area contributed by atoms with E-state index in [9.17, 15) is 13.2 Å². The molecule has 1 N–H and O–H groups in total. The summed E-state index contributed by atoms with van der Waals surface area (Å²) in [6.45, 7) is 0.798. The quantitative estimate of drug-likeness (QED) is 0.887. The molecule has 0 aliphatic heterocycles. The molecule has 2 aromatic rings. The predicted octanol–water partition coefficient (Wildman–Crippen LogP) is 3.36. The molecule has 8 heteroatoms. The predicted molar refractivity (Wildman–Crippen MR) is 74.3 cm³/mol. The zero-order valence-electron chi connectivity index (χ0n) is 11.3. The monoisotopic (exact) mass is 317 g/mol. The molecule has 2 rings (SSSR count). The molecule has 0 radical (unpaired) electrons. The van der Waals surface area contributed by atoms with E-state index in [2.05, 4.69) is 14.7 Å². The number of alkyl halides is 3. The lowest BCUT2D eigenvalue weighted by atomic mass is 10.1. The molecule has 0 bridgehead atoms. The highest BCUT2D eigenvalue weighted by molar-refractivity contribution is 7.09. The van der Waals surface area contributed by atoms with Crippen LogP contribution >= 0.6 is 11.5 Å². The van der Waals surface area contributed by atoms with Crippen LogP contribution in [0, 0.1) is 0 Å². The van der Waals surface area contributed by atoms with Crippen molar-refractivity contribution in [2.75, 3.05) is 19.0 Å². The van der Waals surface area contributed by atoms with Crippen molar-refractivity contribution in [3.8, 4) is 0 Å². The van der Waals surface area contributed by atoms with E-state index in [4.69, 9.17) is 4.74 Å². The van der Waals surface area contributed by atoms with E-state index in [1.807, 2.05) is 0 Å². The summed E-state index contributed by atoms with van der Waals surface area (Å²) in [5, 5.41) is 3.56. The van der Waals surface area contributed by atoms with Gasteiger partial charge < -0.3 is 10.1 Å². The van der Waals surface area contributed by atoms with Crippen LogP contribution < -0.4 is 5.32 Å². The van der Waals surface area contributed by atoms with Crippen LogP contribution in [0.15, 0.2) is 24.3 Å². The molecule has 1 aromatic carbocycles. The van der Waals surface area contributed by atoms with Crippen molar-refractivity contribution in [1.29, 1.82) is 0 Å². The molecule has 0 aliphatic carbocycles. The topological polar surface area (TPSA) is 47.0 Å². The third-order valence-electron chi connectivity index (χ3n) is 2.70. The lowest BCUT2D eigenvalue weighted by Crippen LogP contribution is -2.06. The molecule has 1 heterocycles. The molecule has 0 fully saturated rings. The molecule has 21 heavy (non-hydrogen) atoms. The number of halogens is 3. The highest BCUT2D eigenvalue weighted by atomic mass is 32.1. The second kappa shape index (κ2) is 6.86. The SMILES string of the molecule is COCCc1nsc(NCc2cccc(C(F)(F)F)c2)n1. The van der Waals surface area contributed by atoms with Crippen molar-refractivity contribution in [3.05, 3.63) is 41.2 Å². The maximum absolute atomic E-state index is 12.6. The van der Waals surface area contributed by atoms with Gasteiger partial charge in [0.25, 0.3) is 0 Å². The molecular formula is C13H14F3N3OS. The second-order valence-corrected chi connectivity index (χ2v) is 5.06. The Hall–Kier alpha value is -1.67. The van der Waals surface area contributed by atoms with Gasteiger partial charge in [0.05, 0.1) is 12.2 Å². The molecule has 114 valence electrons. The van der Waals surface area contributed by atoms with Gasteiger partial charge in [-0.3, -0.25) is 0 Å². The number of hydrogen-bond donors (Lipinski definition) is 1. The average Bonchev–Trinajstić information content (AvgIpc) is 2.90. The number of rotatable bonds is 6. The molecule has 0 saturated heterocycles. The van der Waals surface area contributed by atoms with Crippen LogP contribution in [-0.2, 0) is 23.9 Å². The standard InChI is InChI=1S/C13H14F3N3OS/c1-20-6-5-11-18-12(21-19-11)17-8-9-3-2-4-10(7-9)13(14,15)16/h2-4,7H,5-6,8H2,1H3,(H,17,18,19). The number of anilines is 1.